The third-order valence-electron chi connectivity index (χ3n) is 3.80. The Kier molecular flexibility index (Phi) is 4.61. The highest BCUT2D eigenvalue weighted by molar-refractivity contribution is 5.97. The lowest BCUT2D eigenvalue weighted by molar-refractivity contribution is 0.0995. The Balaban J connectivity index is 1.99. The van der Waals surface area contributed by atoms with Crippen molar-refractivity contribution in [2.45, 2.75) is 20.4 Å². The van der Waals surface area contributed by atoms with Crippen molar-refractivity contribution < 1.29 is 14.3 Å². The van der Waals surface area contributed by atoms with Crippen molar-refractivity contribution in [2.75, 3.05) is 0 Å². The number of aromatic hydroxyl groups is 1. The average Bonchev–Trinajstić information content (AvgIpc) is 2.85. The second kappa shape index (κ2) is 6.84. The summed E-state index contributed by atoms with van der Waals surface area (Å²) < 4.78 is 14.7. The molecule has 3 rings (SSSR count). The fourth-order valence-corrected chi connectivity index (χ4v) is 2.67. The molecule has 5 nitrogen and oxygen atoms in total. The van der Waals surface area contributed by atoms with Gasteiger partial charge in [0.2, 0.25) is 5.88 Å². The second-order valence-corrected chi connectivity index (χ2v) is 6.21. The van der Waals surface area contributed by atoms with Crippen molar-refractivity contribution in [2.24, 2.45) is 16.1 Å². The maximum Gasteiger partial charge on any atom is 0.295 e. The molecule has 0 bridgehead atoms. The van der Waals surface area contributed by atoms with Gasteiger partial charge in [-0.2, -0.15) is 0 Å². The summed E-state index contributed by atoms with van der Waals surface area (Å²) in [5.41, 5.74) is 1.32. The number of benzene rings is 2. The molecule has 25 heavy (non-hydrogen) atoms. The van der Waals surface area contributed by atoms with E-state index < -0.39 is 11.7 Å². The Labute approximate surface area is 144 Å². The number of para-hydroxylation sites is 1. The summed E-state index contributed by atoms with van der Waals surface area (Å²) in [5.74, 6) is -0.721. The zero-order valence-corrected chi connectivity index (χ0v) is 14.0. The predicted octanol–water partition coefficient (Wildman–Crippen LogP) is 5.07. The Hall–Kier alpha value is -3.02. The topological polar surface area (TPSA) is 66.9 Å². The van der Waals surface area contributed by atoms with Crippen LogP contribution in [-0.2, 0) is 6.54 Å². The normalized spacial score (nSPS) is 11.7. The van der Waals surface area contributed by atoms with Crippen LogP contribution in [-0.4, -0.2) is 15.6 Å². The van der Waals surface area contributed by atoms with E-state index in [1.807, 2.05) is 38.1 Å². The number of halogens is 1. The highest BCUT2D eigenvalue weighted by Crippen LogP contribution is 2.39. The maximum atomic E-state index is 12.9. The Morgan fingerprint density at radius 2 is 1.84 bits per heavy atom. The van der Waals surface area contributed by atoms with Gasteiger partial charge in [-0.1, -0.05) is 32.0 Å². The molecule has 0 atom stereocenters. The number of hydrogen-bond acceptors (Lipinski definition) is 3. The molecule has 0 spiro atoms. The fraction of sp³-hybridized carbons (Fsp3) is 0.211. The lowest BCUT2D eigenvalue weighted by Gasteiger charge is -2.09. The van der Waals surface area contributed by atoms with Crippen LogP contribution in [0.4, 0.5) is 10.1 Å². The lowest BCUT2D eigenvalue weighted by Crippen LogP contribution is -2.03. The molecular formula is C19H18FN3O2. The predicted molar refractivity (Wildman–Crippen MR) is 93.7 cm³/mol. The van der Waals surface area contributed by atoms with Crippen molar-refractivity contribution in [1.29, 1.82) is 0 Å². The summed E-state index contributed by atoms with van der Waals surface area (Å²) in [4.78, 5) is 12.1. The van der Waals surface area contributed by atoms with Crippen molar-refractivity contribution in [3.05, 3.63) is 59.9 Å². The zero-order chi connectivity index (χ0) is 18.0. The Morgan fingerprint density at radius 3 is 2.52 bits per heavy atom. The molecule has 0 saturated heterocycles. The number of carbonyl (C=O) groups is 1. The van der Waals surface area contributed by atoms with E-state index in [1.54, 1.807) is 4.57 Å². The van der Waals surface area contributed by atoms with E-state index in [0.29, 0.717) is 12.5 Å². The zero-order valence-electron chi connectivity index (χ0n) is 14.0. The molecule has 1 heterocycles. The van der Waals surface area contributed by atoms with E-state index in [1.165, 1.54) is 24.3 Å². The molecular weight excluding hydrogens is 321 g/mol. The minimum Gasteiger partial charge on any atom is -0.493 e. The van der Waals surface area contributed by atoms with Crippen LogP contribution in [0.15, 0.2) is 58.8 Å². The summed E-state index contributed by atoms with van der Waals surface area (Å²) >= 11 is 0. The summed E-state index contributed by atoms with van der Waals surface area (Å²) in [6.45, 7) is 4.72. The standard InChI is InChI=1S/C19H18FN3O2/c1-12(2)11-23-16-6-4-3-5-15(16)17(19(23)25)21-22-18(24)13-7-9-14(20)10-8-13/h3-10,12,25H,11H2,1-2H3. The van der Waals surface area contributed by atoms with Crippen LogP contribution >= 0.6 is 0 Å². The highest BCUT2D eigenvalue weighted by Gasteiger charge is 2.17. The number of fused-ring (bicyclic) bond motifs is 1. The van der Waals surface area contributed by atoms with Crippen LogP contribution in [0.5, 0.6) is 5.88 Å². The third kappa shape index (κ3) is 3.42. The smallest absolute Gasteiger partial charge is 0.295 e. The number of amides is 1. The van der Waals surface area contributed by atoms with E-state index in [0.717, 1.165) is 10.9 Å². The van der Waals surface area contributed by atoms with Crippen molar-refractivity contribution >= 4 is 22.5 Å². The van der Waals surface area contributed by atoms with Crippen LogP contribution < -0.4 is 0 Å². The van der Waals surface area contributed by atoms with Gasteiger partial charge in [0.1, 0.15) is 5.82 Å². The third-order valence-corrected chi connectivity index (χ3v) is 3.80. The molecule has 0 fully saturated rings. The van der Waals surface area contributed by atoms with Crippen LogP contribution in [0.1, 0.15) is 24.2 Å². The summed E-state index contributed by atoms with van der Waals surface area (Å²) in [6, 6.07) is 12.5. The minimum absolute atomic E-state index is 0.0226. The van der Waals surface area contributed by atoms with Crippen LogP contribution in [0.2, 0.25) is 0 Å². The molecule has 2 aromatic carbocycles. The number of rotatable bonds is 4. The van der Waals surface area contributed by atoms with E-state index in [-0.39, 0.29) is 17.1 Å². The molecule has 6 heteroatoms. The molecule has 0 aliphatic carbocycles. The second-order valence-electron chi connectivity index (χ2n) is 6.21. The number of aromatic nitrogens is 1. The van der Waals surface area contributed by atoms with Gasteiger partial charge in [-0.15, -0.1) is 10.2 Å². The molecule has 0 saturated carbocycles. The quantitative estimate of drug-likeness (QED) is 0.675. The van der Waals surface area contributed by atoms with Gasteiger partial charge >= 0.3 is 0 Å². The minimum atomic E-state index is -0.597. The fourth-order valence-electron chi connectivity index (χ4n) is 2.67. The van der Waals surface area contributed by atoms with Gasteiger partial charge in [-0.25, -0.2) is 4.39 Å². The van der Waals surface area contributed by atoms with E-state index in [2.05, 4.69) is 10.2 Å². The van der Waals surface area contributed by atoms with Gasteiger partial charge in [0.05, 0.1) is 5.52 Å². The SMILES string of the molecule is CC(C)Cn1c(O)c(N=NC(=O)c2ccc(F)cc2)c2ccccc21. The van der Waals surface area contributed by atoms with Crippen LogP contribution in [0, 0.1) is 11.7 Å². The molecule has 3 aromatic rings. The molecule has 1 N–H and O–H groups in total. The van der Waals surface area contributed by atoms with Gasteiger partial charge in [0.15, 0.2) is 5.69 Å². The Bertz CT molecular complexity index is 943. The summed E-state index contributed by atoms with van der Waals surface area (Å²) in [7, 11) is 0. The summed E-state index contributed by atoms with van der Waals surface area (Å²) in [5, 5.41) is 18.9. The van der Waals surface area contributed by atoms with E-state index >= 15 is 0 Å². The average molecular weight is 339 g/mol. The molecule has 0 aliphatic heterocycles. The monoisotopic (exact) mass is 339 g/mol. The van der Waals surface area contributed by atoms with Crippen molar-refractivity contribution in [1.82, 2.24) is 4.57 Å². The van der Waals surface area contributed by atoms with E-state index in [4.69, 9.17) is 0 Å². The first kappa shape index (κ1) is 16.8. The van der Waals surface area contributed by atoms with Gasteiger partial charge in [0.25, 0.3) is 5.91 Å². The maximum absolute atomic E-state index is 12.9. The highest BCUT2D eigenvalue weighted by atomic mass is 19.1. The number of azo groups is 1. The van der Waals surface area contributed by atoms with Crippen molar-refractivity contribution in [3.8, 4) is 5.88 Å². The molecule has 0 radical (unpaired) electrons. The van der Waals surface area contributed by atoms with Gasteiger partial charge in [-0.3, -0.25) is 4.79 Å². The first-order valence-electron chi connectivity index (χ1n) is 7.99. The van der Waals surface area contributed by atoms with Gasteiger partial charge in [-0.05, 0) is 36.2 Å². The van der Waals surface area contributed by atoms with Crippen LogP contribution in [0.25, 0.3) is 10.9 Å². The van der Waals surface area contributed by atoms with E-state index in [9.17, 15) is 14.3 Å². The number of carbonyl (C=O) groups excluding carboxylic acids is 1. The lowest BCUT2D eigenvalue weighted by atomic mass is 10.2. The number of nitrogens with zero attached hydrogens (tertiary/aromatic N) is 3. The molecule has 0 unspecified atom stereocenters. The van der Waals surface area contributed by atoms with Crippen LogP contribution in [0.3, 0.4) is 0 Å². The molecule has 1 amide bonds. The first-order chi connectivity index (χ1) is 12.0. The molecule has 128 valence electrons. The summed E-state index contributed by atoms with van der Waals surface area (Å²) in [6.07, 6.45) is 0. The molecule has 1 aromatic heterocycles. The molecule has 0 aliphatic rings. The Morgan fingerprint density at radius 1 is 1.16 bits per heavy atom. The largest absolute Gasteiger partial charge is 0.493 e. The van der Waals surface area contributed by atoms with Gasteiger partial charge in [0, 0.05) is 17.5 Å². The van der Waals surface area contributed by atoms with Crippen molar-refractivity contribution in [3.63, 3.8) is 0 Å². The number of hydrogen-bond donors (Lipinski definition) is 1. The first-order valence-corrected chi connectivity index (χ1v) is 7.99. The van der Waals surface area contributed by atoms with Gasteiger partial charge < -0.3 is 9.67 Å².